The molecule has 49 heavy (non-hydrogen) atoms. The third kappa shape index (κ3) is 35.2. The molecule has 0 aromatic carbocycles. The Kier molecular flexibility index (Phi) is 32.2. The second-order valence-electron chi connectivity index (χ2n) is 15.0. The number of allylic oxidation sites excluding steroid dienone is 4. The van der Waals surface area contributed by atoms with Gasteiger partial charge in [0.05, 0.1) is 39.9 Å². The van der Waals surface area contributed by atoms with Gasteiger partial charge in [-0.05, 0) is 64.2 Å². The maximum Gasteiger partial charge on any atom is 0.268 e. The molecule has 0 saturated heterocycles. The smallest absolute Gasteiger partial charge is 0.268 e. The fourth-order valence-electron chi connectivity index (χ4n) is 5.61. The molecule has 0 heterocycles. The Morgan fingerprint density at radius 2 is 1.12 bits per heavy atom. The van der Waals surface area contributed by atoms with Crippen LogP contribution in [0, 0.1) is 0 Å². The highest BCUT2D eigenvalue weighted by molar-refractivity contribution is 7.45. The summed E-state index contributed by atoms with van der Waals surface area (Å²) in [5.74, 6) is -0.186. The molecule has 0 aromatic rings. The molecule has 1 amide bonds. The highest BCUT2D eigenvalue weighted by atomic mass is 31.2. The van der Waals surface area contributed by atoms with Gasteiger partial charge in [-0.25, -0.2) is 0 Å². The van der Waals surface area contributed by atoms with Crippen LogP contribution in [0.3, 0.4) is 0 Å². The Bertz CT molecular complexity index is 860. The van der Waals surface area contributed by atoms with Crippen LogP contribution in [0.25, 0.3) is 0 Å². The molecule has 0 aliphatic carbocycles. The van der Waals surface area contributed by atoms with Gasteiger partial charge < -0.3 is 28.8 Å². The summed E-state index contributed by atoms with van der Waals surface area (Å²) in [6, 6.07) is -0.817. The number of hydrogen-bond acceptors (Lipinski definition) is 6. The number of carbonyl (C=O) groups is 1. The summed E-state index contributed by atoms with van der Waals surface area (Å²) in [7, 11) is 1.28. The molecule has 0 aromatic heterocycles. The van der Waals surface area contributed by atoms with Crippen molar-refractivity contribution in [3.63, 3.8) is 0 Å². The van der Waals surface area contributed by atoms with E-state index in [1.807, 2.05) is 21.1 Å². The topological polar surface area (TPSA) is 108 Å². The first-order chi connectivity index (χ1) is 23.5. The normalized spacial score (nSPS) is 14.8. The molecule has 0 bridgehead atoms. The molecule has 0 rings (SSSR count). The number of phosphoric acid groups is 1. The number of aliphatic hydroxyl groups excluding tert-OH is 1. The number of aliphatic hydroxyl groups is 1. The molecule has 290 valence electrons. The Hall–Kier alpha value is -1.02. The number of quaternary nitrogens is 1. The minimum Gasteiger partial charge on any atom is -0.756 e. The average Bonchev–Trinajstić information content (AvgIpc) is 3.04. The van der Waals surface area contributed by atoms with Crippen molar-refractivity contribution in [2.24, 2.45) is 0 Å². The molecular weight excluding hydrogens is 635 g/mol. The van der Waals surface area contributed by atoms with Gasteiger partial charge in [0, 0.05) is 6.42 Å². The maximum atomic E-state index is 12.8. The highest BCUT2D eigenvalue weighted by Gasteiger charge is 2.24. The van der Waals surface area contributed by atoms with Crippen LogP contribution < -0.4 is 10.2 Å². The third-order valence-electron chi connectivity index (χ3n) is 8.91. The lowest BCUT2D eigenvalue weighted by Crippen LogP contribution is -2.46. The summed E-state index contributed by atoms with van der Waals surface area (Å²) in [5.41, 5.74) is 0. The minimum atomic E-state index is -4.56. The SMILES string of the molecule is CCCCCCCC/C=C/CCCCCCCC(=O)N[C@@H](COP(=O)([O-])OCC[N+](C)(C)C)[C@H](O)CCCC/C=C/CCCCCCCC. The van der Waals surface area contributed by atoms with Crippen molar-refractivity contribution in [1.82, 2.24) is 5.32 Å². The quantitative estimate of drug-likeness (QED) is 0.0290. The lowest BCUT2D eigenvalue weighted by Gasteiger charge is -2.30. The van der Waals surface area contributed by atoms with Crippen molar-refractivity contribution >= 4 is 13.7 Å². The van der Waals surface area contributed by atoms with Crippen LogP contribution in [-0.2, 0) is 18.4 Å². The minimum absolute atomic E-state index is 0.00567. The summed E-state index contributed by atoms with van der Waals surface area (Å²) >= 11 is 0. The van der Waals surface area contributed by atoms with Gasteiger partial charge in [-0.1, -0.05) is 128 Å². The predicted octanol–water partition coefficient (Wildman–Crippen LogP) is 9.94. The van der Waals surface area contributed by atoms with Gasteiger partial charge in [-0.15, -0.1) is 0 Å². The number of likely N-dealkylation sites (N-methyl/N-ethyl adjacent to an activating group) is 1. The van der Waals surface area contributed by atoms with E-state index in [1.54, 1.807) is 0 Å². The van der Waals surface area contributed by atoms with Crippen LogP contribution in [0.15, 0.2) is 24.3 Å². The molecule has 0 radical (unpaired) electrons. The van der Waals surface area contributed by atoms with E-state index in [4.69, 9.17) is 9.05 Å². The van der Waals surface area contributed by atoms with E-state index in [9.17, 15) is 19.4 Å². The fourth-order valence-corrected chi connectivity index (χ4v) is 6.34. The second kappa shape index (κ2) is 32.9. The van der Waals surface area contributed by atoms with Gasteiger partial charge in [0.15, 0.2) is 0 Å². The molecular formula is C40H79N2O6P. The van der Waals surface area contributed by atoms with Gasteiger partial charge in [-0.2, -0.15) is 0 Å². The molecule has 3 atom stereocenters. The van der Waals surface area contributed by atoms with Crippen molar-refractivity contribution in [2.45, 2.75) is 187 Å². The van der Waals surface area contributed by atoms with Crippen molar-refractivity contribution < 1.29 is 32.9 Å². The molecule has 0 aliphatic rings. The number of unbranched alkanes of at least 4 members (excludes halogenated alkanes) is 19. The second-order valence-corrected chi connectivity index (χ2v) is 16.4. The fraction of sp³-hybridized carbons (Fsp3) is 0.875. The highest BCUT2D eigenvalue weighted by Crippen LogP contribution is 2.38. The van der Waals surface area contributed by atoms with E-state index in [1.165, 1.54) is 89.9 Å². The van der Waals surface area contributed by atoms with Gasteiger partial charge in [0.1, 0.15) is 13.2 Å². The zero-order chi connectivity index (χ0) is 36.5. The first-order valence-corrected chi connectivity index (χ1v) is 21.6. The van der Waals surface area contributed by atoms with E-state index >= 15 is 0 Å². The number of hydrogen-bond donors (Lipinski definition) is 2. The zero-order valence-electron chi connectivity index (χ0n) is 32.6. The average molecular weight is 715 g/mol. The van der Waals surface area contributed by atoms with Crippen molar-refractivity contribution in [3.8, 4) is 0 Å². The van der Waals surface area contributed by atoms with E-state index in [0.717, 1.165) is 57.8 Å². The van der Waals surface area contributed by atoms with Crippen molar-refractivity contribution in [1.29, 1.82) is 0 Å². The van der Waals surface area contributed by atoms with Crippen LogP contribution in [0.1, 0.15) is 174 Å². The zero-order valence-corrected chi connectivity index (χ0v) is 33.5. The van der Waals surface area contributed by atoms with E-state index in [2.05, 4.69) is 43.5 Å². The van der Waals surface area contributed by atoms with E-state index in [-0.39, 0.29) is 19.1 Å². The summed E-state index contributed by atoms with van der Waals surface area (Å²) in [5, 5.41) is 13.8. The number of carbonyl (C=O) groups excluding carboxylic acids is 1. The number of rotatable bonds is 36. The number of nitrogens with one attached hydrogen (secondary N) is 1. The van der Waals surface area contributed by atoms with E-state index < -0.39 is 20.0 Å². The third-order valence-corrected chi connectivity index (χ3v) is 9.88. The summed E-state index contributed by atoms with van der Waals surface area (Å²) in [4.78, 5) is 25.2. The number of nitrogens with zero attached hydrogens (tertiary/aromatic N) is 1. The lowest BCUT2D eigenvalue weighted by atomic mass is 10.0. The predicted molar refractivity (Wildman–Crippen MR) is 205 cm³/mol. The molecule has 0 spiro atoms. The summed E-state index contributed by atoms with van der Waals surface area (Å²) in [6.45, 7) is 4.65. The Labute approximate surface area is 303 Å². The van der Waals surface area contributed by atoms with Gasteiger partial charge in [0.25, 0.3) is 7.82 Å². The molecule has 8 nitrogen and oxygen atoms in total. The molecule has 0 aliphatic heterocycles. The van der Waals surface area contributed by atoms with Gasteiger partial charge >= 0.3 is 0 Å². The standard InChI is InChI=1S/C40H79N2O6P/c1-6-8-10-12-14-16-18-20-21-22-24-26-28-30-32-34-40(44)41-38(37-48-49(45,46)47-36-35-42(3,4)5)39(43)33-31-29-27-25-23-19-17-15-13-11-9-7-2/h20-21,23,25,38-39,43H,6-19,22,24,26-37H2,1-5H3,(H-,41,44,45,46)/b21-20+,25-23+/t38-,39+/m0/s1. The monoisotopic (exact) mass is 715 g/mol. The van der Waals surface area contributed by atoms with E-state index in [0.29, 0.717) is 23.9 Å². The number of phosphoric ester groups is 1. The lowest BCUT2D eigenvalue weighted by molar-refractivity contribution is -0.870. The van der Waals surface area contributed by atoms with Crippen LogP contribution >= 0.6 is 7.82 Å². The molecule has 1 unspecified atom stereocenters. The largest absolute Gasteiger partial charge is 0.756 e. The van der Waals surface area contributed by atoms with Crippen LogP contribution in [0.4, 0.5) is 0 Å². The number of amides is 1. The van der Waals surface area contributed by atoms with Crippen molar-refractivity contribution in [2.75, 3.05) is 40.9 Å². The van der Waals surface area contributed by atoms with Crippen LogP contribution in [-0.4, -0.2) is 68.5 Å². The van der Waals surface area contributed by atoms with Gasteiger partial charge in [-0.3, -0.25) is 9.36 Å². The van der Waals surface area contributed by atoms with Gasteiger partial charge in [0.2, 0.25) is 5.91 Å². The molecule has 0 saturated carbocycles. The van der Waals surface area contributed by atoms with Crippen LogP contribution in [0.5, 0.6) is 0 Å². The molecule has 0 fully saturated rings. The molecule has 2 N–H and O–H groups in total. The first kappa shape index (κ1) is 48.0. The Balaban J connectivity index is 4.48. The Morgan fingerprint density at radius 1 is 0.694 bits per heavy atom. The summed E-state index contributed by atoms with van der Waals surface area (Å²) in [6.07, 6.45) is 36.1. The maximum absolute atomic E-state index is 12.8. The molecule has 9 heteroatoms. The first-order valence-electron chi connectivity index (χ1n) is 20.2. The summed E-state index contributed by atoms with van der Waals surface area (Å²) < 4.78 is 23.1. The van der Waals surface area contributed by atoms with Crippen molar-refractivity contribution in [3.05, 3.63) is 24.3 Å². The Morgan fingerprint density at radius 3 is 1.59 bits per heavy atom. The van der Waals surface area contributed by atoms with Crippen LogP contribution in [0.2, 0.25) is 0 Å².